The average molecular weight is 270 g/mol. The Morgan fingerprint density at radius 2 is 1.26 bits per heavy atom. The van der Waals surface area contributed by atoms with Crippen molar-refractivity contribution in [3.63, 3.8) is 0 Å². The van der Waals surface area contributed by atoms with E-state index < -0.39 is 0 Å². The molecule has 1 heterocycles. The summed E-state index contributed by atoms with van der Waals surface area (Å²) in [6, 6.07) is 0. The molecule has 0 aromatic heterocycles. The third kappa shape index (κ3) is 8.65. The molecule has 114 valence electrons. The van der Waals surface area contributed by atoms with Crippen molar-refractivity contribution in [1.29, 1.82) is 0 Å². The molecule has 0 spiro atoms. The third-order valence-corrected chi connectivity index (χ3v) is 3.86. The fraction of sp³-hybridized carbons (Fsp3) is 1.00. The van der Waals surface area contributed by atoms with E-state index in [1.54, 1.807) is 0 Å². The van der Waals surface area contributed by atoms with E-state index in [1.807, 2.05) is 0 Å². The van der Waals surface area contributed by atoms with Gasteiger partial charge in [0.15, 0.2) is 6.29 Å². The van der Waals surface area contributed by atoms with E-state index in [1.165, 1.54) is 57.8 Å². The highest BCUT2D eigenvalue weighted by Gasteiger charge is 2.27. The minimum absolute atomic E-state index is 0.0672. The van der Waals surface area contributed by atoms with Gasteiger partial charge >= 0.3 is 0 Å². The summed E-state index contributed by atoms with van der Waals surface area (Å²) in [7, 11) is 0. The molecular weight excluding hydrogens is 236 g/mol. The smallest absolute Gasteiger partial charge is 0.157 e. The summed E-state index contributed by atoms with van der Waals surface area (Å²) < 4.78 is 11.5. The summed E-state index contributed by atoms with van der Waals surface area (Å²) in [5, 5.41) is 0. The summed E-state index contributed by atoms with van der Waals surface area (Å²) in [6.07, 6.45) is 13.5. The summed E-state index contributed by atoms with van der Waals surface area (Å²) in [6.45, 7) is 8.35. The van der Waals surface area contributed by atoms with Crippen LogP contribution in [0.15, 0.2) is 0 Å². The molecule has 0 saturated carbocycles. The zero-order valence-electron chi connectivity index (χ0n) is 13.4. The van der Waals surface area contributed by atoms with Gasteiger partial charge in [0.05, 0.1) is 13.2 Å². The Hall–Kier alpha value is -0.0800. The van der Waals surface area contributed by atoms with Crippen LogP contribution in [0.1, 0.15) is 85.0 Å². The molecule has 19 heavy (non-hydrogen) atoms. The zero-order chi connectivity index (χ0) is 14.0. The van der Waals surface area contributed by atoms with Gasteiger partial charge in [0.2, 0.25) is 0 Å². The van der Waals surface area contributed by atoms with Gasteiger partial charge < -0.3 is 9.47 Å². The van der Waals surface area contributed by atoms with Crippen LogP contribution < -0.4 is 0 Å². The van der Waals surface area contributed by atoms with Crippen LogP contribution in [0, 0.1) is 5.41 Å². The molecule has 0 atom stereocenters. The highest BCUT2D eigenvalue weighted by atomic mass is 16.7. The normalized spacial score (nSPS) is 19.7. The zero-order valence-corrected chi connectivity index (χ0v) is 13.4. The molecule has 0 unspecified atom stereocenters. The molecule has 1 rings (SSSR count). The fourth-order valence-electron chi connectivity index (χ4n) is 2.52. The molecule has 1 aliphatic rings. The van der Waals surface area contributed by atoms with E-state index in [-0.39, 0.29) is 11.7 Å². The van der Waals surface area contributed by atoms with Gasteiger partial charge in [-0.15, -0.1) is 0 Å². The van der Waals surface area contributed by atoms with Crippen molar-refractivity contribution in [1.82, 2.24) is 0 Å². The van der Waals surface area contributed by atoms with Crippen LogP contribution in [0.3, 0.4) is 0 Å². The number of hydrogen-bond donors (Lipinski definition) is 0. The molecule has 0 amide bonds. The summed E-state index contributed by atoms with van der Waals surface area (Å²) in [5.41, 5.74) is 0.203. The molecule has 2 nitrogen and oxygen atoms in total. The Bertz CT molecular complexity index is 203. The second-order valence-corrected chi connectivity index (χ2v) is 6.83. The number of ether oxygens (including phenoxy) is 2. The molecule has 1 saturated heterocycles. The first kappa shape index (κ1) is 17.0. The monoisotopic (exact) mass is 270 g/mol. The van der Waals surface area contributed by atoms with Crippen LogP contribution in [0.2, 0.25) is 0 Å². The van der Waals surface area contributed by atoms with Crippen molar-refractivity contribution >= 4 is 0 Å². The SMILES string of the molecule is CCCCCCCCCCCC1OCC(C)(C)CO1. The predicted molar refractivity (Wildman–Crippen MR) is 81.3 cm³/mol. The predicted octanol–water partition coefficient (Wildman–Crippen LogP) is 5.31. The second-order valence-electron chi connectivity index (χ2n) is 6.83. The molecule has 2 heteroatoms. The Labute approximate surface area is 120 Å². The molecule has 1 fully saturated rings. The van der Waals surface area contributed by atoms with Gasteiger partial charge in [-0.25, -0.2) is 0 Å². The Kier molecular flexibility index (Phi) is 8.72. The standard InChI is InChI=1S/C17H34O2/c1-4-5-6-7-8-9-10-11-12-13-16-18-14-17(2,3)15-19-16/h16H,4-15H2,1-3H3. The van der Waals surface area contributed by atoms with E-state index in [0.717, 1.165) is 19.6 Å². The lowest BCUT2D eigenvalue weighted by atomic mass is 9.95. The molecule has 0 aliphatic carbocycles. The van der Waals surface area contributed by atoms with Gasteiger partial charge in [0, 0.05) is 5.41 Å². The molecule has 0 radical (unpaired) electrons. The van der Waals surface area contributed by atoms with Crippen LogP contribution in [0.5, 0.6) is 0 Å². The number of rotatable bonds is 10. The number of hydrogen-bond acceptors (Lipinski definition) is 2. The molecule has 0 bridgehead atoms. The number of unbranched alkanes of at least 4 members (excludes halogenated alkanes) is 8. The summed E-state index contributed by atoms with van der Waals surface area (Å²) in [4.78, 5) is 0. The van der Waals surface area contributed by atoms with E-state index >= 15 is 0 Å². The van der Waals surface area contributed by atoms with Crippen LogP contribution in [-0.2, 0) is 9.47 Å². The quantitative estimate of drug-likeness (QED) is 0.501. The lowest BCUT2D eigenvalue weighted by Crippen LogP contribution is -2.37. The lowest BCUT2D eigenvalue weighted by molar-refractivity contribution is -0.224. The van der Waals surface area contributed by atoms with Crippen LogP contribution in [-0.4, -0.2) is 19.5 Å². The van der Waals surface area contributed by atoms with Crippen LogP contribution in [0.4, 0.5) is 0 Å². The maximum atomic E-state index is 5.74. The van der Waals surface area contributed by atoms with Gasteiger partial charge in [-0.05, 0) is 12.8 Å². The van der Waals surface area contributed by atoms with E-state index in [9.17, 15) is 0 Å². The van der Waals surface area contributed by atoms with Gasteiger partial charge in [0.25, 0.3) is 0 Å². The molecular formula is C17H34O2. The second kappa shape index (κ2) is 9.77. The van der Waals surface area contributed by atoms with E-state index in [2.05, 4.69) is 20.8 Å². The first-order chi connectivity index (χ1) is 9.14. The van der Waals surface area contributed by atoms with Gasteiger partial charge in [0.1, 0.15) is 0 Å². The van der Waals surface area contributed by atoms with Crippen molar-refractivity contribution in [2.45, 2.75) is 91.3 Å². The molecule has 0 N–H and O–H groups in total. The largest absolute Gasteiger partial charge is 0.352 e. The van der Waals surface area contributed by atoms with Crippen molar-refractivity contribution < 1.29 is 9.47 Å². The van der Waals surface area contributed by atoms with Gasteiger partial charge in [-0.2, -0.15) is 0 Å². The third-order valence-electron chi connectivity index (χ3n) is 3.86. The topological polar surface area (TPSA) is 18.5 Å². The maximum absolute atomic E-state index is 5.74. The van der Waals surface area contributed by atoms with Crippen molar-refractivity contribution in [3.05, 3.63) is 0 Å². The summed E-state index contributed by atoms with van der Waals surface area (Å²) in [5.74, 6) is 0. The molecule has 0 aromatic rings. The first-order valence-corrected chi connectivity index (χ1v) is 8.37. The minimum atomic E-state index is 0.0672. The van der Waals surface area contributed by atoms with Crippen LogP contribution in [0.25, 0.3) is 0 Å². The van der Waals surface area contributed by atoms with Crippen molar-refractivity contribution in [3.8, 4) is 0 Å². The van der Waals surface area contributed by atoms with Gasteiger partial charge in [-0.3, -0.25) is 0 Å². The van der Waals surface area contributed by atoms with E-state index in [0.29, 0.717) is 0 Å². The maximum Gasteiger partial charge on any atom is 0.157 e. The van der Waals surface area contributed by atoms with Crippen molar-refractivity contribution in [2.75, 3.05) is 13.2 Å². The Morgan fingerprint density at radius 1 is 0.789 bits per heavy atom. The lowest BCUT2D eigenvalue weighted by Gasteiger charge is -2.34. The van der Waals surface area contributed by atoms with E-state index in [4.69, 9.17) is 9.47 Å². The van der Waals surface area contributed by atoms with Crippen LogP contribution >= 0.6 is 0 Å². The molecule has 0 aromatic carbocycles. The first-order valence-electron chi connectivity index (χ1n) is 8.37. The molecule has 1 aliphatic heterocycles. The fourth-order valence-corrected chi connectivity index (χ4v) is 2.52. The van der Waals surface area contributed by atoms with Gasteiger partial charge in [-0.1, -0.05) is 72.1 Å². The minimum Gasteiger partial charge on any atom is -0.352 e. The highest BCUT2D eigenvalue weighted by molar-refractivity contribution is 4.71. The Balaban J connectivity index is 1.84. The average Bonchev–Trinajstić information content (AvgIpc) is 2.38. The van der Waals surface area contributed by atoms with Crippen molar-refractivity contribution in [2.24, 2.45) is 5.41 Å². The Morgan fingerprint density at radius 3 is 1.79 bits per heavy atom. The summed E-state index contributed by atoms with van der Waals surface area (Å²) >= 11 is 0. The highest BCUT2D eigenvalue weighted by Crippen LogP contribution is 2.25.